The van der Waals surface area contributed by atoms with E-state index in [-0.39, 0.29) is 5.91 Å². The molecule has 0 radical (unpaired) electrons. The van der Waals surface area contributed by atoms with Gasteiger partial charge in [-0.15, -0.1) is 0 Å². The molecule has 2 aromatic heterocycles. The van der Waals surface area contributed by atoms with E-state index in [0.29, 0.717) is 37.5 Å². The maximum atomic E-state index is 12.6. The molecule has 2 aromatic carbocycles. The summed E-state index contributed by atoms with van der Waals surface area (Å²) in [5.74, 6) is 1.32. The number of aryl methyl sites for hydroxylation is 1. The van der Waals surface area contributed by atoms with Crippen LogP contribution in [0.2, 0.25) is 0 Å². The number of hydrogen-bond donors (Lipinski definition) is 1. The highest BCUT2D eigenvalue weighted by molar-refractivity contribution is 5.76. The number of carbonyl (C=O) groups is 1. The van der Waals surface area contributed by atoms with Crippen molar-refractivity contribution in [1.82, 2.24) is 15.3 Å². The van der Waals surface area contributed by atoms with Gasteiger partial charge in [0, 0.05) is 37.1 Å². The van der Waals surface area contributed by atoms with E-state index in [0.717, 1.165) is 27.9 Å². The lowest BCUT2D eigenvalue weighted by Crippen LogP contribution is -2.23. The monoisotopic (exact) mass is 453 g/mol. The molecule has 0 aliphatic heterocycles. The molecule has 4 aromatic rings. The predicted octanol–water partition coefficient (Wildman–Crippen LogP) is 4.98. The third-order valence-electron chi connectivity index (χ3n) is 5.43. The standard InChI is InChI=1S/C28H27N3O3/c1-33-25-11-9-21(18-26(25)34-20-22-6-3-2-4-7-22)10-12-27(32)31-19-24-8-5-15-30-28(24)23-13-16-29-17-14-23/h2-9,11,13-18H,10,12,19-20H2,1H3,(H,31,32). The van der Waals surface area contributed by atoms with Crippen LogP contribution < -0.4 is 14.8 Å². The average molecular weight is 454 g/mol. The number of hydrogen-bond acceptors (Lipinski definition) is 5. The Morgan fingerprint density at radius 3 is 2.50 bits per heavy atom. The Morgan fingerprint density at radius 2 is 1.71 bits per heavy atom. The quantitative estimate of drug-likeness (QED) is 0.367. The van der Waals surface area contributed by atoms with Gasteiger partial charge in [-0.25, -0.2) is 0 Å². The molecule has 1 N–H and O–H groups in total. The van der Waals surface area contributed by atoms with E-state index >= 15 is 0 Å². The van der Waals surface area contributed by atoms with Crippen molar-refractivity contribution in [1.29, 1.82) is 0 Å². The van der Waals surface area contributed by atoms with Crippen LogP contribution in [0.15, 0.2) is 91.4 Å². The molecular formula is C28H27N3O3. The molecule has 0 bridgehead atoms. The van der Waals surface area contributed by atoms with E-state index < -0.39 is 0 Å². The molecule has 0 saturated carbocycles. The molecule has 0 unspecified atom stereocenters. The van der Waals surface area contributed by atoms with Gasteiger partial charge in [0.25, 0.3) is 0 Å². The zero-order valence-corrected chi connectivity index (χ0v) is 19.1. The first-order valence-electron chi connectivity index (χ1n) is 11.2. The van der Waals surface area contributed by atoms with Gasteiger partial charge in [-0.05, 0) is 53.4 Å². The Hall–Kier alpha value is -4.19. The van der Waals surface area contributed by atoms with Crippen molar-refractivity contribution in [2.24, 2.45) is 0 Å². The largest absolute Gasteiger partial charge is 0.493 e. The van der Waals surface area contributed by atoms with Gasteiger partial charge in [-0.3, -0.25) is 14.8 Å². The fourth-order valence-electron chi connectivity index (χ4n) is 3.62. The number of rotatable bonds is 10. The predicted molar refractivity (Wildman–Crippen MR) is 131 cm³/mol. The lowest BCUT2D eigenvalue weighted by Gasteiger charge is -2.13. The molecule has 34 heavy (non-hydrogen) atoms. The maximum Gasteiger partial charge on any atom is 0.220 e. The number of carbonyl (C=O) groups excluding carboxylic acids is 1. The number of ether oxygens (including phenoxy) is 2. The van der Waals surface area contributed by atoms with Gasteiger partial charge in [-0.1, -0.05) is 42.5 Å². The maximum absolute atomic E-state index is 12.6. The van der Waals surface area contributed by atoms with Gasteiger partial charge >= 0.3 is 0 Å². The highest BCUT2D eigenvalue weighted by Gasteiger charge is 2.10. The Kier molecular flexibility index (Phi) is 7.85. The van der Waals surface area contributed by atoms with Crippen molar-refractivity contribution in [2.45, 2.75) is 26.0 Å². The van der Waals surface area contributed by atoms with Gasteiger partial charge < -0.3 is 14.8 Å². The lowest BCUT2D eigenvalue weighted by molar-refractivity contribution is -0.121. The Labute approximate surface area is 199 Å². The number of benzene rings is 2. The molecule has 0 aliphatic rings. The number of pyridine rings is 2. The summed E-state index contributed by atoms with van der Waals surface area (Å²) in [4.78, 5) is 21.1. The molecule has 0 spiro atoms. The fraction of sp³-hybridized carbons (Fsp3) is 0.179. The highest BCUT2D eigenvalue weighted by atomic mass is 16.5. The minimum atomic E-state index is -0.0212. The van der Waals surface area contributed by atoms with Crippen LogP contribution in [-0.4, -0.2) is 23.0 Å². The van der Waals surface area contributed by atoms with Gasteiger partial charge in [0.15, 0.2) is 11.5 Å². The third kappa shape index (κ3) is 6.19. The SMILES string of the molecule is COc1ccc(CCC(=O)NCc2cccnc2-c2ccncc2)cc1OCc1ccccc1. The van der Waals surface area contributed by atoms with E-state index in [2.05, 4.69) is 15.3 Å². The summed E-state index contributed by atoms with van der Waals surface area (Å²) in [5.41, 5.74) is 4.87. The molecule has 172 valence electrons. The minimum Gasteiger partial charge on any atom is -0.493 e. The van der Waals surface area contributed by atoms with Crippen LogP contribution in [0, 0.1) is 0 Å². The summed E-state index contributed by atoms with van der Waals surface area (Å²) >= 11 is 0. The van der Waals surface area contributed by atoms with Crippen molar-refractivity contribution in [3.8, 4) is 22.8 Å². The van der Waals surface area contributed by atoms with Crippen molar-refractivity contribution in [2.75, 3.05) is 7.11 Å². The third-order valence-corrected chi connectivity index (χ3v) is 5.43. The number of aromatic nitrogens is 2. The molecule has 6 heteroatoms. The van der Waals surface area contributed by atoms with Crippen LogP contribution in [-0.2, 0) is 24.4 Å². The van der Waals surface area contributed by atoms with Crippen molar-refractivity contribution in [3.05, 3.63) is 108 Å². The molecule has 4 rings (SSSR count). The van der Waals surface area contributed by atoms with Crippen LogP contribution in [0.5, 0.6) is 11.5 Å². The van der Waals surface area contributed by atoms with E-state index in [9.17, 15) is 4.79 Å². The van der Waals surface area contributed by atoms with Gasteiger partial charge in [0.2, 0.25) is 5.91 Å². The minimum absolute atomic E-state index is 0.0212. The van der Waals surface area contributed by atoms with Gasteiger partial charge in [0.05, 0.1) is 12.8 Å². The first-order chi connectivity index (χ1) is 16.7. The smallest absolute Gasteiger partial charge is 0.220 e. The second-order valence-corrected chi connectivity index (χ2v) is 7.78. The molecule has 2 heterocycles. The Balaban J connectivity index is 1.34. The number of nitrogens with one attached hydrogen (secondary N) is 1. The number of amides is 1. The van der Waals surface area contributed by atoms with Crippen LogP contribution in [0.1, 0.15) is 23.1 Å². The zero-order chi connectivity index (χ0) is 23.6. The van der Waals surface area contributed by atoms with Crippen molar-refractivity contribution in [3.63, 3.8) is 0 Å². The molecular weight excluding hydrogens is 426 g/mol. The summed E-state index contributed by atoms with van der Waals surface area (Å²) in [5, 5.41) is 3.01. The molecule has 0 saturated heterocycles. The molecule has 0 aliphatic carbocycles. The zero-order valence-electron chi connectivity index (χ0n) is 19.1. The van der Waals surface area contributed by atoms with E-state index in [1.54, 1.807) is 25.7 Å². The molecule has 1 amide bonds. The molecule has 0 fully saturated rings. The molecule has 6 nitrogen and oxygen atoms in total. The summed E-state index contributed by atoms with van der Waals surface area (Å²) in [6.07, 6.45) is 6.19. The summed E-state index contributed by atoms with van der Waals surface area (Å²) in [6, 6.07) is 23.4. The van der Waals surface area contributed by atoms with E-state index in [4.69, 9.17) is 9.47 Å². The Bertz CT molecular complexity index is 1210. The number of methoxy groups -OCH3 is 1. The fourth-order valence-corrected chi connectivity index (χ4v) is 3.62. The van der Waals surface area contributed by atoms with Crippen LogP contribution >= 0.6 is 0 Å². The first kappa shape index (κ1) is 23.0. The van der Waals surface area contributed by atoms with E-state index in [1.165, 1.54) is 0 Å². The highest BCUT2D eigenvalue weighted by Crippen LogP contribution is 2.29. The van der Waals surface area contributed by atoms with Crippen molar-refractivity contribution >= 4 is 5.91 Å². The van der Waals surface area contributed by atoms with Gasteiger partial charge in [-0.2, -0.15) is 0 Å². The first-order valence-corrected chi connectivity index (χ1v) is 11.2. The normalized spacial score (nSPS) is 10.5. The van der Waals surface area contributed by atoms with Crippen LogP contribution in [0.25, 0.3) is 11.3 Å². The van der Waals surface area contributed by atoms with E-state index in [1.807, 2.05) is 72.8 Å². The Morgan fingerprint density at radius 1 is 0.882 bits per heavy atom. The topological polar surface area (TPSA) is 73.3 Å². The summed E-state index contributed by atoms with van der Waals surface area (Å²) in [6.45, 7) is 0.866. The average Bonchev–Trinajstić information content (AvgIpc) is 2.91. The van der Waals surface area contributed by atoms with Crippen molar-refractivity contribution < 1.29 is 14.3 Å². The van der Waals surface area contributed by atoms with Crippen LogP contribution in [0.3, 0.4) is 0 Å². The summed E-state index contributed by atoms with van der Waals surface area (Å²) in [7, 11) is 1.62. The second kappa shape index (κ2) is 11.6. The molecule has 0 atom stereocenters. The second-order valence-electron chi connectivity index (χ2n) is 7.78. The summed E-state index contributed by atoms with van der Waals surface area (Å²) < 4.78 is 11.4. The van der Waals surface area contributed by atoms with Crippen LogP contribution in [0.4, 0.5) is 0 Å². The van der Waals surface area contributed by atoms with Gasteiger partial charge in [0.1, 0.15) is 6.61 Å². The lowest BCUT2D eigenvalue weighted by atomic mass is 10.1. The number of nitrogens with zero attached hydrogens (tertiary/aromatic N) is 2.